The molecule has 6 nitrogen and oxygen atoms in total. The molecule has 1 amide bonds. The van der Waals surface area contributed by atoms with Gasteiger partial charge in [-0.15, -0.1) is 0 Å². The van der Waals surface area contributed by atoms with E-state index in [1.807, 2.05) is 43.3 Å². The molecule has 3 aromatic rings. The highest BCUT2D eigenvalue weighted by molar-refractivity contribution is 5.88. The first-order valence-corrected chi connectivity index (χ1v) is 12.9. The van der Waals surface area contributed by atoms with Gasteiger partial charge in [-0.05, 0) is 68.4 Å². The topological polar surface area (TPSA) is 88.5 Å². The smallest absolute Gasteiger partial charge is 0.320 e. The number of aliphatic carboxylic acids is 1. The number of hydrogen-bond acceptors (Lipinski definition) is 4. The second kappa shape index (κ2) is 12.5. The molecular formula is C31H38N2O4. The fraction of sp³-hybridized carbons (Fsp3) is 0.387. The lowest BCUT2D eigenvalue weighted by molar-refractivity contribution is -0.141. The molecule has 6 heteroatoms. The van der Waals surface area contributed by atoms with Crippen molar-refractivity contribution in [3.8, 4) is 5.75 Å². The van der Waals surface area contributed by atoms with Gasteiger partial charge in [-0.25, -0.2) is 0 Å². The summed E-state index contributed by atoms with van der Waals surface area (Å²) in [6, 6.07) is 15.0. The highest BCUT2D eigenvalue weighted by atomic mass is 16.5. The zero-order valence-corrected chi connectivity index (χ0v) is 22.5. The number of unbranched alkanes of at least 4 members (excludes halogenated alkanes) is 2. The minimum absolute atomic E-state index is 0.00208. The number of carbonyl (C=O) groups excluding carboxylic acids is 1. The van der Waals surface area contributed by atoms with Crippen molar-refractivity contribution in [2.45, 2.75) is 65.3 Å². The van der Waals surface area contributed by atoms with Crippen LogP contribution < -0.4 is 10.1 Å². The Hall–Kier alpha value is -3.67. The molecule has 0 spiro atoms. The van der Waals surface area contributed by atoms with Gasteiger partial charge in [0.05, 0.1) is 18.3 Å². The van der Waals surface area contributed by atoms with E-state index in [2.05, 4.69) is 31.3 Å². The summed E-state index contributed by atoms with van der Waals surface area (Å²) in [4.78, 5) is 29.8. The van der Waals surface area contributed by atoms with Crippen LogP contribution in [0, 0.1) is 12.8 Å². The Morgan fingerprint density at radius 3 is 2.59 bits per heavy atom. The first-order valence-electron chi connectivity index (χ1n) is 12.9. The second-order valence-corrected chi connectivity index (χ2v) is 10.0. The Bertz CT molecular complexity index is 1280. The van der Waals surface area contributed by atoms with Crippen LogP contribution in [0.25, 0.3) is 10.9 Å². The van der Waals surface area contributed by atoms with Gasteiger partial charge in [0, 0.05) is 23.9 Å². The van der Waals surface area contributed by atoms with Crippen LogP contribution in [0.1, 0.15) is 68.8 Å². The number of carboxylic acid groups (broad SMARTS) is 1. The Morgan fingerprint density at radius 2 is 1.89 bits per heavy atom. The molecule has 1 aromatic heterocycles. The van der Waals surface area contributed by atoms with Gasteiger partial charge < -0.3 is 15.2 Å². The lowest BCUT2D eigenvalue weighted by atomic mass is 9.76. The van der Waals surface area contributed by atoms with Crippen LogP contribution in [0.2, 0.25) is 0 Å². The molecule has 0 bridgehead atoms. The lowest BCUT2D eigenvalue weighted by Gasteiger charge is -2.28. The largest absolute Gasteiger partial charge is 0.496 e. The van der Waals surface area contributed by atoms with Gasteiger partial charge in [0.2, 0.25) is 5.91 Å². The Balaban J connectivity index is 1.76. The molecule has 1 heterocycles. The predicted molar refractivity (Wildman–Crippen MR) is 148 cm³/mol. The molecular weight excluding hydrogens is 464 g/mol. The number of aryl methyl sites for hydroxylation is 1. The number of rotatable bonds is 12. The molecule has 0 aliphatic heterocycles. The number of carbonyl (C=O) groups is 2. The van der Waals surface area contributed by atoms with E-state index in [1.165, 1.54) is 7.11 Å². The van der Waals surface area contributed by atoms with E-state index < -0.39 is 11.4 Å². The van der Waals surface area contributed by atoms with Crippen LogP contribution in [0.4, 0.5) is 0 Å². The van der Waals surface area contributed by atoms with E-state index in [9.17, 15) is 14.7 Å². The monoisotopic (exact) mass is 502 g/mol. The zero-order chi connectivity index (χ0) is 27.0. The molecule has 3 rings (SSSR count). The third-order valence-corrected chi connectivity index (χ3v) is 6.66. The van der Waals surface area contributed by atoms with Crippen molar-refractivity contribution in [1.29, 1.82) is 0 Å². The summed E-state index contributed by atoms with van der Waals surface area (Å²) in [5.74, 6) is -0.0148. The summed E-state index contributed by atoms with van der Waals surface area (Å²) in [6.07, 6.45) is 7.65. The highest BCUT2D eigenvalue weighted by Gasteiger charge is 2.42. The Kier molecular flexibility index (Phi) is 9.45. The quantitative estimate of drug-likeness (QED) is 0.223. The van der Waals surface area contributed by atoms with Gasteiger partial charge in [0.25, 0.3) is 0 Å². The molecule has 0 aliphatic rings. The summed E-state index contributed by atoms with van der Waals surface area (Å²) >= 11 is 0. The third kappa shape index (κ3) is 6.76. The van der Waals surface area contributed by atoms with E-state index in [0.717, 1.165) is 41.3 Å². The van der Waals surface area contributed by atoms with Gasteiger partial charge >= 0.3 is 5.97 Å². The number of aromatic nitrogens is 1. The number of para-hydroxylation sites is 1. The fourth-order valence-electron chi connectivity index (χ4n) is 4.54. The summed E-state index contributed by atoms with van der Waals surface area (Å²) in [6.45, 7) is 8.19. The number of nitrogens with one attached hydrogen (secondary N) is 1. The maximum absolute atomic E-state index is 12.7. The fourth-order valence-corrected chi connectivity index (χ4v) is 4.54. The van der Waals surface area contributed by atoms with Gasteiger partial charge in [-0.1, -0.05) is 56.3 Å². The van der Waals surface area contributed by atoms with Crippen LogP contribution >= 0.6 is 0 Å². The molecule has 0 fully saturated rings. The number of pyridine rings is 1. The van der Waals surface area contributed by atoms with Crippen LogP contribution in [-0.2, 0) is 21.5 Å². The van der Waals surface area contributed by atoms with Crippen molar-refractivity contribution in [1.82, 2.24) is 10.3 Å². The van der Waals surface area contributed by atoms with Gasteiger partial charge in [0.1, 0.15) is 11.2 Å². The summed E-state index contributed by atoms with van der Waals surface area (Å²) in [5.41, 5.74) is 1.93. The molecule has 0 radical (unpaired) electrons. The Labute approximate surface area is 219 Å². The number of fused-ring (bicyclic) bond motifs is 1. The molecule has 196 valence electrons. The summed E-state index contributed by atoms with van der Waals surface area (Å²) < 4.78 is 5.65. The maximum Gasteiger partial charge on any atom is 0.320 e. The molecule has 37 heavy (non-hydrogen) atoms. The van der Waals surface area contributed by atoms with Crippen molar-refractivity contribution in [3.05, 3.63) is 83.1 Å². The first-order chi connectivity index (χ1) is 17.7. The standard InChI is InChI=1S/C31H38N2O4/c1-21(2)12-8-6-7-9-15-28(34)32-20-23-16-17-25(27(19-23)37-5)31(4,30(35)36)29-22(3)18-24-13-10-11-14-26(24)33-29/h8,10-14,16-19,21H,6-7,9,15,20H2,1-5H3,(H,32,34)(H,35,36)/b12-8+. The molecule has 1 unspecified atom stereocenters. The number of amides is 1. The van der Waals surface area contributed by atoms with E-state index in [4.69, 9.17) is 9.72 Å². The van der Waals surface area contributed by atoms with E-state index >= 15 is 0 Å². The number of methoxy groups -OCH3 is 1. The van der Waals surface area contributed by atoms with Crippen molar-refractivity contribution < 1.29 is 19.4 Å². The normalized spacial score (nSPS) is 13.1. The number of allylic oxidation sites excluding steroid dienone is 2. The van der Waals surface area contributed by atoms with Crippen molar-refractivity contribution >= 4 is 22.8 Å². The van der Waals surface area contributed by atoms with Crippen LogP contribution in [0.3, 0.4) is 0 Å². The van der Waals surface area contributed by atoms with Gasteiger partial charge in [-0.3, -0.25) is 14.6 Å². The third-order valence-electron chi connectivity index (χ3n) is 6.66. The van der Waals surface area contributed by atoms with Gasteiger partial charge in [0.15, 0.2) is 0 Å². The molecule has 0 saturated carbocycles. The minimum Gasteiger partial charge on any atom is -0.496 e. The molecule has 2 aromatic carbocycles. The van der Waals surface area contributed by atoms with Crippen LogP contribution in [0.15, 0.2) is 60.7 Å². The number of ether oxygens (including phenoxy) is 1. The number of carboxylic acids is 1. The Morgan fingerprint density at radius 1 is 1.14 bits per heavy atom. The molecule has 2 N–H and O–H groups in total. The van der Waals surface area contributed by atoms with E-state index in [0.29, 0.717) is 35.9 Å². The molecule has 1 atom stereocenters. The molecule has 0 saturated heterocycles. The lowest BCUT2D eigenvalue weighted by Crippen LogP contribution is -2.36. The number of hydrogen-bond donors (Lipinski definition) is 2. The minimum atomic E-state index is -1.43. The van der Waals surface area contributed by atoms with Crippen molar-refractivity contribution in [2.24, 2.45) is 5.92 Å². The van der Waals surface area contributed by atoms with Crippen molar-refractivity contribution in [3.63, 3.8) is 0 Å². The SMILES string of the molecule is COc1cc(CNC(=O)CCCC/C=C/C(C)C)ccc1C(C)(C(=O)O)c1nc2ccccc2cc1C. The van der Waals surface area contributed by atoms with Crippen LogP contribution in [-0.4, -0.2) is 29.1 Å². The maximum atomic E-state index is 12.7. The second-order valence-electron chi connectivity index (χ2n) is 10.0. The van der Waals surface area contributed by atoms with E-state index in [-0.39, 0.29) is 5.91 Å². The van der Waals surface area contributed by atoms with Crippen LogP contribution in [0.5, 0.6) is 5.75 Å². The average Bonchev–Trinajstić information content (AvgIpc) is 2.88. The summed E-state index contributed by atoms with van der Waals surface area (Å²) in [7, 11) is 1.53. The molecule has 0 aliphatic carbocycles. The number of nitrogens with zero attached hydrogens (tertiary/aromatic N) is 1. The zero-order valence-electron chi connectivity index (χ0n) is 22.5. The highest BCUT2D eigenvalue weighted by Crippen LogP contribution is 2.39. The summed E-state index contributed by atoms with van der Waals surface area (Å²) in [5, 5.41) is 14.3. The van der Waals surface area contributed by atoms with Gasteiger partial charge in [-0.2, -0.15) is 0 Å². The average molecular weight is 503 g/mol. The van der Waals surface area contributed by atoms with Crippen molar-refractivity contribution in [2.75, 3.05) is 7.11 Å². The number of benzene rings is 2. The predicted octanol–water partition coefficient (Wildman–Crippen LogP) is 6.33. The first kappa shape index (κ1) is 27.9. The van der Waals surface area contributed by atoms with E-state index in [1.54, 1.807) is 19.1 Å².